The molecule has 118 valence electrons. The molecule has 1 aromatic heterocycles. The summed E-state index contributed by atoms with van der Waals surface area (Å²) in [6.07, 6.45) is 1.71. The number of fused-ring (bicyclic) bond motifs is 1. The molecule has 0 saturated heterocycles. The Hall–Kier alpha value is -2.39. The van der Waals surface area contributed by atoms with E-state index in [2.05, 4.69) is 25.6 Å². The maximum Gasteiger partial charge on any atom is 0.269 e. The number of nitrogens with zero attached hydrogens (tertiary/aromatic N) is 1. The summed E-state index contributed by atoms with van der Waals surface area (Å²) in [6, 6.07) is 9.90. The zero-order chi connectivity index (χ0) is 16.6. The van der Waals surface area contributed by atoms with Crippen LogP contribution in [-0.4, -0.2) is 18.3 Å². The second kappa shape index (κ2) is 5.67. The van der Waals surface area contributed by atoms with Gasteiger partial charge in [-0.05, 0) is 30.3 Å². The van der Waals surface area contributed by atoms with Gasteiger partial charge in [0, 0.05) is 28.2 Å². The van der Waals surface area contributed by atoms with Crippen molar-refractivity contribution in [2.45, 2.75) is 4.90 Å². The van der Waals surface area contributed by atoms with Crippen molar-refractivity contribution < 1.29 is 13.3 Å². The first-order valence-electron chi connectivity index (χ1n) is 6.41. The van der Waals surface area contributed by atoms with Crippen LogP contribution in [0.4, 0.5) is 11.4 Å². The van der Waals surface area contributed by atoms with Gasteiger partial charge < -0.3 is 4.98 Å². The molecular formula is C14H10BrN3O4S. The second-order valence-electron chi connectivity index (χ2n) is 4.72. The Morgan fingerprint density at radius 3 is 2.43 bits per heavy atom. The minimum Gasteiger partial charge on any atom is -0.359 e. The molecule has 0 bridgehead atoms. The molecule has 0 radical (unpaired) electrons. The molecule has 0 atom stereocenters. The van der Waals surface area contributed by atoms with Crippen molar-refractivity contribution in [3.05, 3.63) is 63.2 Å². The van der Waals surface area contributed by atoms with Crippen LogP contribution in [0, 0.1) is 10.1 Å². The maximum atomic E-state index is 12.4. The van der Waals surface area contributed by atoms with Gasteiger partial charge in [-0.3, -0.25) is 14.8 Å². The van der Waals surface area contributed by atoms with Gasteiger partial charge in [0.1, 0.15) is 0 Å². The van der Waals surface area contributed by atoms with Crippen LogP contribution in [0.2, 0.25) is 0 Å². The third-order valence-electron chi connectivity index (χ3n) is 3.27. The van der Waals surface area contributed by atoms with Crippen molar-refractivity contribution in [2.75, 3.05) is 4.72 Å². The molecular weight excluding hydrogens is 386 g/mol. The van der Waals surface area contributed by atoms with Gasteiger partial charge >= 0.3 is 0 Å². The molecule has 0 fully saturated rings. The number of hydrogen-bond acceptors (Lipinski definition) is 4. The molecule has 0 unspecified atom stereocenters. The van der Waals surface area contributed by atoms with Crippen molar-refractivity contribution in [3.63, 3.8) is 0 Å². The zero-order valence-electron chi connectivity index (χ0n) is 11.5. The van der Waals surface area contributed by atoms with Gasteiger partial charge in [0.2, 0.25) is 0 Å². The number of nitro benzene ring substituents is 1. The number of nitro groups is 1. The third-order valence-corrected chi connectivity index (χ3v) is 5.35. The molecule has 2 aromatic carbocycles. The average molecular weight is 396 g/mol. The van der Waals surface area contributed by atoms with E-state index in [1.54, 1.807) is 18.3 Å². The molecule has 3 rings (SSSR count). The Morgan fingerprint density at radius 2 is 1.78 bits per heavy atom. The fraction of sp³-hybridized carbons (Fsp3) is 0. The lowest BCUT2D eigenvalue weighted by molar-refractivity contribution is -0.384. The number of halogens is 1. The number of nitrogens with one attached hydrogen (secondary N) is 2. The number of aromatic nitrogens is 1. The van der Waals surface area contributed by atoms with Crippen molar-refractivity contribution in [1.29, 1.82) is 0 Å². The second-order valence-corrected chi connectivity index (χ2v) is 7.25. The van der Waals surface area contributed by atoms with Crippen LogP contribution in [0.1, 0.15) is 0 Å². The minimum atomic E-state index is -3.85. The highest BCUT2D eigenvalue weighted by Gasteiger charge is 2.18. The van der Waals surface area contributed by atoms with E-state index >= 15 is 0 Å². The van der Waals surface area contributed by atoms with E-state index in [4.69, 9.17) is 0 Å². The highest BCUT2D eigenvalue weighted by Crippen LogP contribution is 2.30. The topological polar surface area (TPSA) is 105 Å². The summed E-state index contributed by atoms with van der Waals surface area (Å²) in [7, 11) is -3.85. The molecule has 0 amide bonds. The normalized spacial score (nSPS) is 11.5. The first-order valence-corrected chi connectivity index (χ1v) is 8.69. The Bertz CT molecular complexity index is 997. The SMILES string of the molecule is O=[N+]([O-])c1ccc(S(=O)(=O)Nc2ccc(Br)c3cc[nH]c23)cc1. The van der Waals surface area contributed by atoms with Crippen LogP contribution >= 0.6 is 15.9 Å². The number of non-ortho nitro benzene ring substituents is 1. The standard InChI is InChI=1S/C14H10BrN3O4S/c15-12-5-6-13(14-11(12)7-8-16-14)17-23(21,22)10-3-1-9(2-4-10)18(19)20/h1-8,16-17H. The highest BCUT2D eigenvalue weighted by molar-refractivity contribution is 9.10. The predicted molar refractivity (Wildman–Crippen MR) is 89.9 cm³/mol. The van der Waals surface area contributed by atoms with E-state index in [9.17, 15) is 18.5 Å². The summed E-state index contributed by atoms with van der Waals surface area (Å²) < 4.78 is 28.2. The molecule has 7 nitrogen and oxygen atoms in total. The molecule has 0 spiro atoms. The Morgan fingerprint density at radius 1 is 1.09 bits per heavy atom. The quantitative estimate of drug-likeness (QED) is 0.519. The van der Waals surface area contributed by atoms with Gasteiger partial charge in [-0.25, -0.2) is 8.42 Å². The number of hydrogen-bond donors (Lipinski definition) is 2. The van der Waals surface area contributed by atoms with E-state index in [0.717, 1.165) is 22.0 Å². The van der Waals surface area contributed by atoms with Crippen LogP contribution in [0.25, 0.3) is 10.9 Å². The molecule has 3 aromatic rings. The van der Waals surface area contributed by atoms with Gasteiger partial charge in [-0.1, -0.05) is 15.9 Å². The average Bonchev–Trinajstić information content (AvgIpc) is 3.01. The summed E-state index contributed by atoms with van der Waals surface area (Å²) in [4.78, 5) is 13.0. The fourth-order valence-corrected chi connectivity index (χ4v) is 3.69. The molecule has 1 heterocycles. The summed E-state index contributed by atoms with van der Waals surface area (Å²) >= 11 is 3.40. The van der Waals surface area contributed by atoms with Gasteiger partial charge in [-0.15, -0.1) is 0 Å². The van der Waals surface area contributed by atoms with E-state index in [1.807, 2.05) is 6.07 Å². The molecule has 9 heteroatoms. The van der Waals surface area contributed by atoms with E-state index < -0.39 is 14.9 Å². The van der Waals surface area contributed by atoms with Crippen molar-refractivity contribution >= 4 is 48.2 Å². The number of rotatable bonds is 4. The van der Waals surface area contributed by atoms with Gasteiger partial charge in [0.05, 0.1) is 21.0 Å². The van der Waals surface area contributed by atoms with Crippen LogP contribution in [0.3, 0.4) is 0 Å². The summed E-state index contributed by atoms with van der Waals surface area (Å²) in [5, 5.41) is 11.5. The van der Waals surface area contributed by atoms with Gasteiger partial charge in [0.25, 0.3) is 15.7 Å². The summed E-state index contributed by atoms with van der Waals surface area (Å²) in [6.45, 7) is 0. The Labute approximate surface area is 139 Å². The van der Waals surface area contributed by atoms with Crippen LogP contribution in [0.5, 0.6) is 0 Å². The number of anilines is 1. The van der Waals surface area contributed by atoms with E-state index in [0.29, 0.717) is 11.2 Å². The molecule has 23 heavy (non-hydrogen) atoms. The first-order chi connectivity index (χ1) is 10.9. The highest BCUT2D eigenvalue weighted by atomic mass is 79.9. The molecule has 0 aliphatic rings. The smallest absolute Gasteiger partial charge is 0.269 e. The van der Waals surface area contributed by atoms with Crippen LogP contribution < -0.4 is 4.72 Å². The number of sulfonamides is 1. The Kier molecular flexibility index (Phi) is 3.82. The largest absolute Gasteiger partial charge is 0.359 e. The van der Waals surface area contributed by atoms with Gasteiger partial charge in [0.15, 0.2) is 0 Å². The molecule has 0 saturated carbocycles. The molecule has 0 aliphatic carbocycles. The van der Waals surface area contributed by atoms with Crippen LogP contribution in [0.15, 0.2) is 58.0 Å². The minimum absolute atomic E-state index is 0.0503. The van der Waals surface area contributed by atoms with Gasteiger partial charge in [-0.2, -0.15) is 0 Å². The summed E-state index contributed by atoms with van der Waals surface area (Å²) in [5.74, 6) is 0. The Balaban J connectivity index is 1.98. The molecule has 2 N–H and O–H groups in total. The van der Waals surface area contributed by atoms with E-state index in [-0.39, 0.29) is 10.6 Å². The van der Waals surface area contributed by atoms with Crippen molar-refractivity contribution in [2.24, 2.45) is 0 Å². The van der Waals surface area contributed by atoms with Crippen molar-refractivity contribution in [3.8, 4) is 0 Å². The monoisotopic (exact) mass is 395 g/mol. The molecule has 0 aliphatic heterocycles. The number of benzene rings is 2. The zero-order valence-corrected chi connectivity index (χ0v) is 13.9. The lowest BCUT2D eigenvalue weighted by atomic mass is 10.2. The first kappa shape index (κ1) is 15.5. The van der Waals surface area contributed by atoms with Crippen LogP contribution in [-0.2, 0) is 10.0 Å². The fourth-order valence-electron chi connectivity index (χ4n) is 2.16. The lowest BCUT2D eigenvalue weighted by Crippen LogP contribution is -2.13. The van der Waals surface area contributed by atoms with Crippen molar-refractivity contribution in [1.82, 2.24) is 4.98 Å². The number of H-pyrrole nitrogens is 1. The maximum absolute atomic E-state index is 12.4. The lowest BCUT2D eigenvalue weighted by Gasteiger charge is -2.09. The predicted octanol–water partition coefficient (Wildman–Crippen LogP) is 3.64. The van der Waals surface area contributed by atoms with E-state index in [1.165, 1.54) is 12.1 Å². The third kappa shape index (κ3) is 2.92. The number of aromatic amines is 1. The summed E-state index contributed by atoms with van der Waals surface area (Å²) in [5.41, 5.74) is 0.871.